The van der Waals surface area contributed by atoms with Crippen LogP contribution >= 0.6 is 11.6 Å². The van der Waals surface area contributed by atoms with Crippen LogP contribution in [0.3, 0.4) is 0 Å². The monoisotopic (exact) mass is 358 g/mol. The van der Waals surface area contributed by atoms with Crippen LogP contribution in [0.1, 0.15) is 0 Å². The molecule has 2 heterocycles. The smallest absolute Gasteiger partial charge is 0.235 e. The molecule has 0 fully saturated rings. The summed E-state index contributed by atoms with van der Waals surface area (Å²) in [5.74, 6) is 0.583. The second kappa shape index (κ2) is 5.69. The van der Waals surface area contributed by atoms with E-state index in [4.69, 9.17) is 11.6 Å². The summed E-state index contributed by atoms with van der Waals surface area (Å²) >= 11 is 6.26. The van der Waals surface area contributed by atoms with Gasteiger partial charge in [0.15, 0.2) is 0 Å². The average Bonchev–Trinajstić information content (AvgIpc) is 2.90. The zero-order valence-electron chi connectivity index (χ0n) is 12.7. The van der Waals surface area contributed by atoms with E-state index in [1.165, 1.54) is 0 Å². The molecule has 0 spiro atoms. The molecule has 24 heavy (non-hydrogen) atoms. The second-order valence-electron chi connectivity index (χ2n) is 5.75. The summed E-state index contributed by atoms with van der Waals surface area (Å²) in [5, 5.41) is 0.537. The zero-order chi connectivity index (χ0) is 16.7. The molecule has 122 valence electrons. The second-order valence-corrected chi connectivity index (χ2v) is 7.97. The van der Waals surface area contributed by atoms with Crippen molar-refractivity contribution in [3.8, 4) is 22.3 Å². The summed E-state index contributed by atoms with van der Waals surface area (Å²) in [6.07, 6.45) is 0. The number of nitrogens with one attached hydrogen (secondary N) is 1. The Kier molecular flexibility index (Phi) is 3.62. The van der Waals surface area contributed by atoms with Gasteiger partial charge in [0, 0.05) is 12.1 Å². The lowest BCUT2D eigenvalue weighted by Gasteiger charge is -2.19. The van der Waals surface area contributed by atoms with Crippen LogP contribution in [0.4, 0.5) is 5.82 Å². The van der Waals surface area contributed by atoms with E-state index >= 15 is 0 Å². The zero-order valence-corrected chi connectivity index (χ0v) is 14.3. The molecule has 0 unspecified atom stereocenters. The Morgan fingerprint density at radius 1 is 0.917 bits per heavy atom. The molecule has 0 bridgehead atoms. The van der Waals surface area contributed by atoms with Gasteiger partial charge in [-0.3, -0.25) is 4.72 Å². The van der Waals surface area contributed by atoms with Crippen molar-refractivity contribution in [2.75, 3.05) is 10.5 Å². The summed E-state index contributed by atoms with van der Waals surface area (Å²) in [5.41, 5.74) is 3.97. The van der Waals surface area contributed by atoms with Crippen molar-refractivity contribution >= 4 is 27.4 Å². The summed E-state index contributed by atoms with van der Waals surface area (Å²) < 4.78 is 28.2. The maximum Gasteiger partial charge on any atom is 0.235 e. The predicted molar refractivity (Wildman–Crippen MR) is 97.7 cm³/mol. The molecular weight excluding hydrogens is 344 g/mol. The number of anilines is 1. The van der Waals surface area contributed by atoms with Crippen LogP contribution in [0.2, 0.25) is 5.15 Å². The van der Waals surface area contributed by atoms with E-state index in [-0.39, 0.29) is 5.75 Å². The number of hydrogen-bond acceptors (Lipinski definition) is 2. The van der Waals surface area contributed by atoms with Gasteiger partial charge in [0.05, 0.1) is 5.75 Å². The molecule has 4 nitrogen and oxygen atoms in total. The van der Waals surface area contributed by atoms with Gasteiger partial charge >= 0.3 is 0 Å². The van der Waals surface area contributed by atoms with Gasteiger partial charge in [-0.05, 0) is 22.8 Å². The topological polar surface area (TPSA) is 51.1 Å². The summed E-state index contributed by atoms with van der Waals surface area (Å²) in [7, 11) is -3.29. The first-order valence-electron chi connectivity index (χ1n) is 7.59. The number of fused-ring (bicyclic) bond motifs is 1. The Balaban J connectivity index is 1.75. The van der Waals surface area contributed by atoms with Crippen molar-refractivity contribution in [1.82, 2.24) is 4.57 Å². The van der Waals surface area contributed by atoms with E-state index in [1.807, 2.05) is 48.5 Å². The Morgan fingerprint density at radius 3 is 2.25 bits per heavy atom. The van der Waals surface area contributed by atoms with Gasteiger partial charge in [0.25, 0.3) is 0 Å². The third kappa shape index (κ3) is 2.70. The molecule has 1 aliphatic rings. The van der Waals surface area contributed by atoms with Crippen LogP contribution < -0.4 is 4.72 Å². The molecule has 1 N–H and O–H groups in total. The van der Waals surface area contributed by atoms with Crippen LogP contribution in [0, 0.1) is 0 Å². The highest BCUT2D eigenvalue weighted by atomic mass is 35.5. The average molecular weight is 359 g/mol. The first-order valence-corrected chi connectivity index (χ1v) is 9.62. The van der Waals surface area contributed by atoms with Crippen LogP contribution in [0.5, 0.6) is 0 Å². The highest BCUT2D eigenvalue weighted by Crippen LogP contribution is 2.37. The van der Waals surface area contributed by atoms with E-state index in [1.54, 1.807) is 4.57 Å². The van der Waals surface area contributed by atoms with Gasteiger partial charge in [-0.15, -0.1) is 0 Å². The first kappa shape index (κ1) is 15.3. The quantitative estimate of drug-likeness (QED) is 0.745. The SMILES string of the molecule is O=S1(=O)CCn2c(Cl)cc(-c3ccc(-c4ccccc4)cc3)c2N1. The van der Waals surface area contributed by atoms with Gasteiger partial charge in [-0.1, -0.05) is 66.2 Å². The van der Waals surface area contributed by atoms with Gasteiger partial charge in [0.2, 0.25) is 10.0 Å². The van der Waals surface area contributed by atoms with Crippen molar-refractivity contribution in [1.29, 1.82) is 0 Å². The Hall–Kier alpha value is -2.24. The minimum Gasteiger partial charge on any atom is -0.316 e. The van der Waals surface area contributed by atoms with Gasteiger partial charge in [0.1, 0.15) is 11.0 Å². The van der Waals surface area contributed by atoms with Crippen molar-refractivity contribution < 1.29 is 8.42 Å². The lowest BCUT2D eigenvalue weighted by molar-refractivity contribution is 0.588. The molecule has 0 saturated carbocycles. The first-order chi connectivity index (χ1) is 11.5. The molecule has 6 heteroatoms. The van der Waals surface area contributed by atoms with Crippen LogP contribution in [0.15, 0.2) is 60.7 Å². The van der Waals surface area contributed by atoms with Gasteiger partial charge < -0.3 is 4.57 Å². The molecule has 0 amide bonds. The minimum absolute atomic E-state index is 0.0424. The fraction of sp³-hybridized carbons (Fsp3) is 0.111. The number of benzene rings is 2. The van der Waals surface area contributed by atoms with Crippen molar-refractivity contribution in [3.63, 3.8) is 0 Å². The molecule has 4 rings (SSSR count). The number of aromatic nitrogens is 1. The van der Waals surface area contributed by atoms with Crippen molar-refractivity contribution in [3.05, 3.63) is 65.8 Å². The number of rotatable bonds is 2. The van der Waals surface area contributed by atoms with Gasteiger partial charge in [-0.2, -0.15) is 0 Å². The molecule has 2 aromatic carbocycles. The Labute approximate surface area is 145 Å². The van der Waals surface area contributed by atoms with E-state index < -0.39 is 10.0 Å². The third-order valence-corrected chi connectivity index (χ3v) is 5.72. The standard InChI is InChI=1S/C18H15ClN2O2S/c19-17-12-16(18-20-24(22,23)11-10-21(17)18)15-8-6-14(7-9-15)13-4-2-1-3-5-13/h1-9,12,20H,10-11H2. The van der Waals surface area contributed by atoms with Crippen LogP contribution in [-0.2, 0) is 16.6 Å². The highest BCUT2D eigenvalue weighted by Gasteiger charge is 2.25. The lowest BCUT2D eigenvalue weighted by Crippen LogP contribution is -2.27. The van der Waals surface area contributed by atoms with E-state index in [0.29, 0.717) is 17.5 Å². The van der Waals surface area contributed by atoms with E-state index in [0.717, 1.165) is 22.3 Å². The van der Waals surface area contributed by atoms with E-state index in [2.05, 4.69) is 16.9 Å². The van der Waals surface area contributed by atoms with Crippen molar-refractivity contribution in [2.45, 2.75) is 6.54 Å². The molecule has 0 aliphatic carbocycles. The lowest BCUT2D eigenvalue weighted by atomic mass is 10.0. The van der Waals surface area contributed by atoms with Crippen LogP contribution in [-0.4, -0.2) is 18.7 Å². The normalized spacial score (nSPS) is 15.5. The van der Waals surface area contributed by atoms with Gasteiger partial charge in [-0.25, -0.2) is 8.42 Å². The fourth-order valence-corrected chi connectivity index (χ4v) is 4.27. The molecule has 1 aromatic heterocycles. The number of sulfonamides is 1. The summed E-state index contributed by atoms with van der Waals surface area (Å²) in [6.45, 7) is 0.367. The Bertz CT molecular complexity index is 994. The Morgan fingerprint density at radius 2 is 1.54 bits per heavy atom. The molecular formula is C18H15ClN2O2S. The summed E-state index contributed by atoms with van der Waals surface area (Å²) in [4.78, 5) is 0. The molecule has 0 atom stereocenters. The maximum absolute atomic E-state index is 11.9. The number of nitrogens with zero attached hydrogens (tertiary/aromatic N) is 1. The summed E-state index contributed by atoms with van der Waals surface area (Å²) in [6, 6.07) is 19.9. The number of hydrogen-bond donors (Lipinski definition) is 1. The molecule has 3 aromatic rings. The van der Waals surface area contributed by atoms with E-state index in [9.17, 15) is 8.42 Å². The van der Waals surface area contributed by atoms with Crippen LogP contribution in [0.25, 0.3) is 22.3 Å². The molecule has 0 radical (unpaired) electrons. The maximum atomic E-state index is 11.9. The highest BCUT2D eigenvalue weighted by molar-refractivity contribution is 7.92. The third-order valence-electron chi connectivity index (χ3n) is 4.19. The fourth-order valence-electron chi connectivity index (χ4n) is 2.95. The molecule has 1 aliphatic heterocycles. The largest absolute Gasteiger partial charge is 0.316 e. The molecule has 0 saturated heterocycles. The minimum atomic E-state index is -3.29. The number of halogens is 1. The van der Waals surface area contributed by atoms with Crippen molar-refractivity contribution in [2.24, 2.45) is 0 Å². The predicted octanol–water partition coefficient (Wildman–Crippen LogP) is 4.23.